The summed E-state index contributed by atoms with van der Waals surface area (Å²) in [4.78, 5) is 7.24. The van der Waals surface area contributed by atoms with Gasteiger partial charge in [-0.15, -0.1) is 5.10 Å². The van der Waals surface area contributed by atoms with Crippen LogP contribution in [0, 0.1) is 6.92 Å². The van der Waals surface area contributed by atoms with E-state index in [0.717, 1.165) is 36.6 Å². The Bertz CT molecular complexity index is 424. The molecule has 2 heterocycles. The van der Waals surface area contributed by atoms with E-state index >= 15 is 0 Å². The Morgan fingerprint density at radius 3 is 3.12 bits per heavy atom. The van der Waals surface area contributed by atoms with Crippen LogP contribution in [0.3, 0.4) is 0 Å². The van der Waals surface area contributed by atoms with Gasteiger partial charge in [0.05, 0.1) is 6.20 Å². The Balaban J connectivity index is 1.72. The first kappa shape index (κ1) is 10.6. The Labute approximate surface area is 94.3 Å². The summed E-state index contributed by atoms with van der Waals surface area (Å²) in [6.07, 6.45) is 7.32. The van der Waals surface area contributed by atoms with Crippen molar-refractivity contribution in [2.75, 3.05) is 11.9 Å². The predicted molar refractivity (Wildman–Crippen MR) is 62.2 cm³/mol. The molecule has 0 aliphatic rings. The van der Waals surface area contributed by atoms with Crippen molar-refractivity contribution in [2.45, 2.75) is 19.8 Å². The highest BCUT2D eigenvalue weighted by Gasteiger charge is 1.96. The minimum absolute atomic E-state index is 0.833. The van der Waals surface area contributed by atoms with E-state index < -0.39 is 0 Å². The molecule has 0 aromatic carbocycles. The fraction of sp³-hybridized carbons (Fsp3) is 0.364. The van der Waals surface area contributed by atoms with Crippen LogP contribution < -0.4 is 5.32 Å². The lowest BCUT2D eigenvalue weighted by Gasteiger charge is -2.04. The third-order valence-electron chi connectivity index (χ3n) is 2.24. The standard InChI is InChI=1S/C11H15N5/c1-9-7-11(16-15-8-9)12-4-2-3-10-13-5-6-14-10/h5-8H,2-4H2,1H3,(H,12,16)(H,13,14). The molecule has 0 saturated carbocycles. The highest BCUT2D eigenvalue weighted by atomic mass is 15.2. The van der Waals surface area contributed by atoms with Gasteiger partial charge in [-0.3, -0.25) is 0 Å². The van der Waals surface area contributed by atoms with Crippen molar-refractivity contribution in [3.05, 3.63) is 36.0 Å². The van der Waals surface area contributed by atoms with Gasteiger partial charge in [0.2, 0.25) is 0 Å². The van der Waals surface area contributed by atoms with Gasteiger partial charge in [-0.25, -0.2) is 4.98 Å². The Hall–Kier alpha value is -1.91. The summed E-state index contributed by atoms with van der Waals surface area (Å²) >= 11 is 0. The van der Waals surface area contributed by atoms with E-state index in [1.807, 2.05) is 19.2 Å². The van der Waals surface area contributed by atoms with Gasteiger partial charge in [0, 0.05) is 25.4 Å². The number of H-pyrrole nitrogens is 1. The molecule has 2 aromatic heterocycles. The van der Waals surface area contributed by atoms with E-state index in [0.29, 0.717) is 0 Å². The van der Waals surface area contributed by atoms with Crippen LogP contribution in [0.5, 0.6) is 0 Å². The largest absolute Gasteiger partial charge is 0.369 e. The van der Waals surface area contributed by atoms with Crippen LogP contribution in [0.1, 0.15) is 17.8 Å². The van der Waals surface area contributed by atoms with E-state index in [4.69, 9.17) is 0 Å². The van der Waals surface area contributed by atoms with Crippen LogP contribution in [-0.4, -0.2) is 26.7 Å². The number of anilines is 1. The molecule has 0 fully saturated rings. The molecule has 0 spiro atoms. The van der Waals surface area contributed by atoms with E-state index in [9.17, 15) is 0 Å². The molecule has 0 aliphatic carbocycles. The highest BCUT2D eigenvalue weighted by molar-refractivity contribution is 5.34. The fourth-order valence-electron chi connectivity index (χ4n) is 1.46. The van der Waals surface area contributed by atoms with Crippen LogP contribution in [0.25, 0.3) is 0 Å². The van der Waals surface area contributed by atoms with Gasteiger partial charge in [0.15, 0.2) is 0 Å². The molecule has 0 bridgehead atoms. The first-order chi connectivity index (χ1) is 7.84. The number of rotatable bonds is 5. The van der Waals surface area contributed by atoms with Crippen molar-refractivity contribution in [3.63, 3.8) is 0 Å². The first-order valence-corrected chi connectivity index (χ1v) is 5.36. The molecule has 84 valence electrons. The molecule has 2 rings (SSSR count). The molecule has 2 N–H and O–H groups in total. The number of aromatic nitrogens is 4. The normalized spacial score (nSPS) is 10.3. The van der Waals surface area contributed by atoms with Crippen LogP contribution in [0.15, 0.2) is 24.7 Å². The zero-order valence-electron chi connectivity index (χ0n) is 9.27. The first-order valence-electron chi connectivity index (χ1n) is 5.36. The van der Waals surface area contributed by atoms with Gasteiger partial charge in [-0.1, -0.05) is 0 Å². The molecule has 5 nitrogen and oxygen atoms in total. The van der Waals surface area contributed by atoms with Crippen molar-refractivity contribution in [1.82, 2.24) is 20.2 Å². The summed E-state index contributed by atoms with van der Waals surface area (Å²) in [6, 6.07) is 1.99. The lowest BCUT2D eigenvalue weighted by molar-refractivity contribution is 0.810. The Kier molecular flexibility index (Phi) is 3.48. The third-order valence-corrected chi connectivity index (χ3v) is 2.24. The van der Waals surface area contributed by atoms with E-state index in [1.54, 1.807) is 12.4 Å². The number of hydrogen-bond acceptors (Lipinski definition) is 4. The van der Waals surface area contributed by atoms with Gasteiger partial charge < -0.3 is 10.3 Å². The van der Waals surface area contributed by atoms with Gasteiger partial charge in [0.1, 0.15) is 11.6 Å². The van der Waals surface area contributed by atoms with Gasteiger partial charge in [-0.05, 0) is 25.0 Å². The quantitative estimate of drug-likeness (QED) is 0.746. The monoisotopic (exact) mass is 217 g/mol. The summed E-state index contributed by atoms with van der Waals surface area (Å²) < 4.78 is 0. The van der Waals surface area contributed by atoms with Crippen LogP contribution >= 0.6 is 0 Å². The summed E-state index contributed by atoms with van der Waals surface area (Å²) in [6.45, 7) is 2.88. The smallest absolute Gasteiger partial charge is 0.148 e. The predicted octanol–water partition coefficient (Wildman–Crippen LogP) is 1.55. The second-order valence-electron chi connectivity index (χ2n) is 3.68. The summed E-state index contributed by atoms with van der Waals surface area (Å²) in [5.74, 6) is 1.86. The number of hydrogen-bond donors (Lipinski definition) is 2. The second-order valence-corrected chi connectivity index (χ2v) is 3.68. The van der Waals surface area contributed by atoms with Crippen molar-refractivity contribution in [3.8, 4) is 0 Å². The summed E-state index contributed by atoms with van der Waals surface area (Å²) in [7, 11) is 0. The van der Waals surface area contributed by atoms with Gasteiger partial charge in [0.25, 0.3) is 0 Å². The van der Waals surface area contributed by atoms with E-state index in [2.05, 4.69) is 25.5 Å². The average molecular weight is 217 g/mol. The molecule has 0 unspecified atom stereocenters. The van der Waals surface area contributed by atoms with Gasteiger partial charge in [-0.2, -0.15) is 5.10 Å². The maximum absolute atomic E-state index is 4.16. The van der Waals surface area contributed by atoms with Gasteiger partial charge >= 0.3 is 0 Å². The second kappa shape index (κ2) is 5.25. The van der Waals surface area contributed by atoms with Crippen LogP contribution in [0.4, 0.5) is 5.82 Å². The average Bonchev–Trinajstić information content (AvgIpc) is 2.77. The minimum atomic E-state index is 0.833. The van der Waals surface area contributed by atoms with Crippen LogP contribution in [-0.2, 0) is 6.42 Å². The molecule has 0 aliphatic heterocycles. The molecule has 16 heavy (non-hydrogen) atoms. The zero-order chi connectivity index (χ0) is 11.2. The molecular weight excluding hydrogens is 202 g/mol. The maximum atomic E-state index is 4.16. The zero-order valence-corrected chi connectivity index (χ0v) is 9.27. The third kappa shape index (κ3) is 3.05. The SMILES string of the molecule is Cc1cnnc(NCCCc2ncc[nH]2)c1. The molecule has 5 heteroatoms. The number of aromatic amines is 1. The van der Waals surface area contributed by atoms with Crippen molar-refractivity contribution < 1.29 is 0 Å². The maximum Gasteiger partial charge on any atom is 0.148 e. The topological polar surface area (TPSA) is 66.5 Å². The molecule has 2 aromatic rings. The summed E-state index contributed by atoms with van der Waals surface area (Å²) in [5, 5.41) is 11.1. The lowest BCUT2D eigenvalue weighted by Crippen LogP contribution is -2.05. The molecule has 0 amide bonds. The number of nitrogens with zero attached hydrogens (tertiary/aromatic N) is 3. The van der Waals surface area contributed by atoms with E-state index in [1.165, 1.54) is 0 Å². The highest BCUT2D eigenvalue weighted by Crippen LogP contribution is 2.03. The number of imidazole rings is 1. The molecular formula is C11H15N5. The number of aryl methyl sites for hydroxylation is 2. The number of nitrogens with one attached hydrogen (secondary N) is 2. The molecule has 0 saturated heterocycles. The van der Waals surface area contributed by atoms with Crippen LogP contribution in [0.2, 0.25) is 0 Å². The molecule has 0 atom stereocenters. The van der Waals surface area contributed by atoms with Crippen molar-refractivity contribution >= 4 is 5.82 Å². The fourth-order valence-corrected chi connectivity index (χ4v) is 1.46. The Morgan fingerprint density at radius 1 is 1.44 bits per heavy atom. The summed E-state index contributed by atoms with van der Waals surface area (Å²) in [5.41, 5.74) is 1.11. The van der Waals surface area contributed by atoms with Crippen molar-refractivity contribution in [1.29, 1.82) is 0 Å². The molecule has 0 radical (unpaired) electrons. The lowest BCUT2D eigenvalue weighted by atomic mass is 10.3. The van der Waals surface area contributed by atoms with Crippen molar-refractivity contribution in [2.24, 2.45) is 0 Å². The Morgan fingerprint density at radius 2 is 2.38 bits per heavy atom. The minimum Gasteiger partial charge on any atom is -0.369 e. The van der Waals surface area contributed by atoms with E-state index in [-0.39, 0.29) is 0 Å².